The highest BCUT2D eigenvalue weighted by atomic mass is 16.5. The summed E-state index contributed by atoms with van der Waals surface area (Å²) in [5, 5.41) is 0. The van der Waals surface area contributed by atoms with E-state index in [4.69, 9.17) is 4.74 Å². The summed E-state index contributed by atoms with van der Waals surface area (Å²) in [6.07, 6.45) is 1.00. The van der Waals surface area contributed by atoms with Gasteiger partial charge in [-0.05, 0) is 24.1 Å². The van der Waals surface area contributed by atoms with E-state index in [2.05, 4.69) is 12.1 Å². The van der Waals surface area contributed by atoms with Gasteiger partial charge in [0.1, 0.15) is 11.9 Å². The van der Waals surface area contributed by atoms with Crippen molar-refractivity contribution in [1.29, 1.82) is 0 Å². The number of carbonyl (C=O) groups excluding carboxylic acids is 1. The Kier molecular flexibility index (Phi) is 2.25. The Balaban J connectivity index is 1.70. The van der Waals surface area contributed by atoms with Crippen LogP contribution < -0.4 is 4.74 Å². The Bertz CT molecular complexity index is 633. The van der Waals surface area contributed by atoms with Gasteiger partial charge in [0.15, 0.2) is 5.78 Å². The van der Waals surface area contributed by atoms with E-state index in [-0.39, 0.29) is 17.8 Å². The van der Waals surface area contributed by atoms with Gasteiger partial charge in [0.2, 0.25) is 0 Å². The molecule has 2 heteroatoms. The molecule has 1 aliphatic carbocycles. The molecule has 1 fully saturated rings. The molecule has 0 bridgehead atoms. The summed E-state index contributed by atoms with van der Waals surface area (Å²) >= 11 is 0. The molecule has 1 heterocycles. The molecule has 19 heavy (non-hydrogen) atoms. The van der Waals surface area contributed by atoms with Crippen molar-refractivity contribution in [3.63, 3.8) is 0 Å². The maximum Gasteiger partial charge on any atom is 0.173 e. The van der Waals surface area contributed by atoms with Crippen LogP contribution in [0.1, 0.15) is 28.3 Å². The fourth-order valence-electron chi connectivity index (χ4n) is 3.24. The van der Waals surface area contributed by atoms with E-state index in [1.165, 1.54) is 5.56 Å². The monoisotopic (exact) mass is 250 g/mol. The predicted molar refractivity (Wildman–Crippen MR) is 72.5 cm³/mol. The van der Waals surface area contributed by atoms with Crippen LogP contribution in [0.3, 0.4) is 0 Å². The third kappa shape index (κ3) is 1.53. The molecular formula is C17H14O2. The van der Waals surface area contributed by atoms with Crippen molar-refractivity contribution < 1.29 is 9.53 Å². The van der Waals surface area contributed by atoms with Gasteiger partial charge in [-0.1, -0.05) is 42.5 Å². The molecule has 1 saturated carbocycles. The van der Waals surface area contributed by atoms with E-state index < -0.39 is 0 Å². The molecule has 0 radical (unpaired) electrons. The highest BCUT2D eigenvalue weighted by molar-refractivity contribution is 6.02. The zero-order valence-corrected chi connectivity index (χ0v) is 10.5. The van der Waals surface area contributed by atoms with Crippen molar-refractivity contribution in [2.75, 3.05) is 0 Å². The lowest BCUT2D eigenvalue weighted by molar-refractivity contribution is 0.0126. The quantitative estimate of drug-likeness (QED) is 0.775. The smallest absolute Gasteiger partial charge is 0.173 e. The van der Waals surface area contributed by atoms with Crippen molar-refractivity contribution in [3.05, 3.63) is 65.7 Å². The second-order valence-corrected chi connectivity index (χ2v) is 5.30. The number of ketones is 1. The van der Waals surface area contributed by atoms with Gasteiger partial charge in [0, 0.05) is 5.92 Å². The Morgan fingerprint density at radius 3 is 2.53 bits per heavy atom. The molecule has 0 amide bonds. The summed E-state index contributed by atoms with van der Waals surface area (Å²) in [6, 6.07) is 17.9. The molecular weight excluding hydrogens is 236 g/mol. The van der Waals surface area contributed by atoms with Gasteiger partial charge >= 0.3 is 0 Å². The van der Waals surface area contributed by atoms with Crippen molar-refractivity contribution in [3.8, 4) is 5.75 Å². The van der Waals surface area contributed by atoms with E-state index in [9.17, 15) is 4.79 Å². The maximum absolute atomic E-state index is 12.6. The molecule has 0 aromatic heterocycles. The number of para-hydroxylation sites is 1. The van der Waals surface area contributed by atoms with E-state index in [0.717, 1.165) is 17.7 Å². The minimum atomic E-state index is -0.00250. The van der Waals surface area contributed by atoms with Crippen LogP contribution in [0.2, 0.25) is 0 Å². The second kappa shape index (κ2) is 3.95. The summed E-state index contributed by atoms with van der Waals surface area (Å²) in [6.45, 7) is 0. The average molecular weight is 250 g/mol. The van der Waals surface area contributed by atoms with Gasteiger partial charge in [-0.25, -0.2) is 0 Å². The first-order valence-corrected chi connectivity index (χ1v) is 6.69. The molecule has 4 rings (SSSR count). The molecule has 2 aliphatic rings. The number of rotatable bonds is 1. The third-order valence-corrected chi connectivity index (χ3v) is 4.28. The van der Waals surface area contributed by atoms with Gasteiger partial charge in [-0.15, -0.1) is 0 Å². The molecule has 0 saturated heterocycles. The largest absolute Gasteiger partial charge is 0.489 e. The van der Waals surface area contributed by atoms with Crippen molar-refractivity contribution in [2.24, 2.45) is 5.92 Å². The standard InChI is InChI=1S/C17H14O2/c18-17-12-8-4-5-9-14(12)19-15-10-13(16(15)17)11-6-2-1-3-7-11/h1-9,13,15-16H,10H2/t13?,15?,16-/m1/s1. The molecule has 94 valence electrons. The number of ether oxygens (including phenoxy) is 1. The molecule has 0 spiro atoms. The van der Waals surface area contributed by atoms with E-state index in [1.54, 1.807) is 0 Å². The molecule has 2 unspecified atom stereocenters. The van der Waals surface area contributed by atoms with Crippen molar-refractivity contribution >= 4 is 5.78 Å². The number of fused-ring (bicyclic) bond motifs is 2. The van der Waals surface area contributed by atoms with Gasteiger partial charge < -0.3 is 4.74 Å². The maximum atomic E-state index is 12.6. The van der Waals surface area contributed by atoms with Gasteiger partial charge in [-0.2, -0.15) is 0 Å². The Morgan fingerprint density at radius 2 is 1.68 bits per heavy atom. The lowest BCUT2D eigenvalue weighted by Crippen LogP contribution is -2.50. The molecule has 2 aromatic carbocycles. The molecule has 2 aromatic rings. The molecule has 2 nitrogen and oxygen atoms in total. The van der Waals surface area contributed by atoms with Crippen LogP contribution in [0.25, 0.3) is 0 Å². The number of Topliss-reactive ketones (excluding diaryl/α,β-unsaturated/α-hetero) is 1. The van der Waals surface area contributed by atoms with Crippen molar-refractivity contribution in [2.45, 2.75) is 18.4 Å². The van der Waals surface area contributed by atoms with Gasteiger partial charge in [0.05, 0.1) is 11.5 Å². The number of carbonyl (C=O) groups is 1. The summed E-state index contributed by atoms with van der Waals surface area (Å²) < 4.78 is 5.93. The number of hydrogen-bond acceptors (Lipinski definition) is 2. The zero-order valence-electron chi connectivity index (χ0n) is 10.5. The van der Waals surface area contributed by atoms with Gasteiger partial charge in [0.25, 0.3) is 0 Å². The van der Waals surface area contributed by atoms with Crippen LogP contribution in [0, 0.1) is 5.92 Å². The summed E-state index contributed by atoms with van der Waals surface area (Å²) in [7, 11) is 0. The topological polar surface area (TPSA) is 26.3 Å². The summed E-state index contributed by atoms with van der Waals surface area (Å²) in [4.78, 5) is 12.6. The minimum Gasteiger partial charge on any atom is -0.489 e. The van der Waals surface area contributed by atoms with Crippen molar-refractivity contribution in [1.82, 2.24) is 0 Å². The fourth-order valence-corrected chi connectivity index (χ4v) is 3.24. The van der Waals surface area contributed by atoms with E-state index >= 15 is 0 Å². The Labute approximate surface area is 112 Å². The van der Waals surface area contributed by atoms with E-state index in [0.29, 0.717) is 5.92 Å². The van der Waals surface area contributed by atoms with Crippen LogP contribution in [0.15, 0.2) is 54.6 Å². The number of hydrogen-bond donors (Lipinski definition) is 0. The molecule has 1 aliphatic heterocycles. The Morgan fingerprint density at radius 1 is 0.947 bits per heavy atom. The third-order valence-electron chi connectivity index (χ3n) is 4.28. The van der Waals surface area contributed by atoms with Crippen LogP contribution in [0.4, 0.5) is 0 Å². The minimum absolute atomic E-state index is 0.00250. The predicted octanol–water partition coefficient (Wildman–Crippen LogP) is 3.43. The van der Waals surface area contributed by atoms with Crippen LogP contribution >= 0.6 is 0 Å². The number of benzene rings is 2. The summed E-state index contributed by atoms with van der Waals surface area (Å²) in [5.41, 5.74) is 1.99. The first kappa shape index (κ1) is 10.8. The first-order chi connectivity index (χ1) is 9.34. The summed E-state index contributed by atoms with van der Waals surface area (Å²) in [5.74, 6) is 1.30. The van der Waals surface area contributed by atoms with Crippen LogP contribution in [-0.4, -0.2) is 11.9 Å². The first-order valence-electron chi connectivity index (χ1n) is 6.69. The van der Waals surface area contributed by atoms with E-state index in [1.807, 2.05) is 42.5 Å². The lowest BCUT2D eigenvalue weighted by atomic mass is 9.63. The highest BCUT2D eigenvalue weighted by Crippen LogP contribution is 2.49. The SMILES string of the molecule is O=C1c2ccccc2OC2CC(c3ccccc3)[C@@H]12. The van der Waals surface area contributed by atoms with Crippen LogP contribution in [-0.2, 0) is 0 Å². The zero-order chi connectivity index (χ0) is 12.8. The highest BCUT2D eigenvalue weighted by Gasteiger charge is 2.51. The molecule has 3 atom stereocenters. The average Bonchev–Trinajstić information content (AvgIpc) is 2.43. The lowest BCUT2D eigenvalue weighted by Gasteiger charge is -2.46. The fraction of sp³-hybridized carbons (Fsp3) is 0.235. The van der Waals surface area contributed by atoms with Crippen LogP contribution in [0.5, 0.6) is 5.75 Å². The second-order valence-electron chi connectivity index (χ2n) is 5.30. The normalized spacial score (nSPS) is 27.8. The molecule has 0 N–H and O–H groups in total. The Hall–Kier alpha value is -2.09. The van der Waals surface area contributed by atoms with Gasteiger partial charge in [-0.3, -0.25) is 4.79 Å².